The van der Waals surface area contributed by atoms with Gasteiger partial charge in [-0.15, -0.1) is 0 Å². The van der Waals surface area contributed by atoms with Gasteiger partial charge in [0.25, 0.3) is 0 Å². The van der Waals surface area contributed by atoms with E-state index in [4.69, 9.17) is 4.74 Å². The first-order chi connectivity index (χ1) is 13.2. The molecule has 0 fully saturated rings. The van der Waals surface area contributed by atoms with Crippen LogP contribution in [-0.2, 0) is 6.54 Å². The maximum atomic E-state index is 13.3. The number of benzene rings is 3. The highest BCUT2D eigenvalue weighted by atomic mass is 16.5. The molecular weight excluding hydrogens is 334 g/mol. The maximum absolute atomic E-state index is 13.3. The molecule has 0 aliphatic carbocycles. The summed E-state index contributed by atoms with van der Waals surface area (Å²) in [5.41, 5.74) is 4.65. The molecule has 0 saturated heterocycles. The second-order valence-electron chi connectivity index (χ2n) is 6.61. The molecule has 3 heteroatoms. The largest absolute Gasteiger partial charge is 0.497 e. The van der Waals surface area contributed by atoms with Gasteiger partial charge in [-0.3, -0.25) is 4.79 Å². The van der Waals surface area contributed by atoms with E-state index in [1.165, 1.54) is 5.56 Å². The predicted molar refractivity (Wildman–Crippen MR) is 109 cm³/mol. The Balaban J connectivity index is 1.92. The van der Waals surface area contributed by atoms with Crippen molar-refractivity contribution >= 4 is 16.7 Å². The van der Waals surface area contributed by atoms with Crippen LogP contribution in [0, 0.1) is 6.92 Å². The summed E-state index contributed by atoms with van der Waals surface area (Å²) < 4.78 is 7.62. The molecule has 0 radical (unpaired) electrons. The van der Waals surface area contributed by atoms with Gasteiger partial charge >= 0.3 is 0 Å². The molecule has 4 rings (SSSR count). The average molecular weight is 355 g/mol. The summed E-state index contributed by atoms with van der Waals surface area (Å²) >= 11 is 0. The van der Waals surface area contributed by atoms with Crippen LogP contribution in [0.1, 0.15) is 27.2 Å². The molecule has 0 unspecified atom stereocenters. The standard InChI is InChI=1S/C24H21NO2/c1-17-23(24(26)19-11-7-4-8-12-19)21-15-20(27-2)13-14-22(21)25(17)16-18-9-5-3-6-10-18/h3-15H,16H2,1-2H3. The first-order valence-corrected chi connectivity index (χ1v) is 8.99. The number of carbonyl (C=O) groups excluding carboxylic acids is 1. The summed E-state index contributed by atoms with van der Waals surface area (Å²) in [6.07, 6.45) is 0. The minimum absolute atomic E-state index is 0.0400. The number of hydrogen-bond donors (Lipinski definition) is 0. The molecule has 0 saturated carbocycles. The molecule has 134 valence electrons. The summed E-state index contributed by atoms with van der Waals surface area (Å²) in [5, 5.41) is 0.927. The van der Waals surface area contributed by atoms with Crippen LogP contribution < -0.4 is 4.74 Å². The minimum Gasteiger partial charge on any atom is -0.497 e. The normalized spacial score (nSPS) is 10.9. The zero-order chi connectivity index (χ0) is 18.8. The van der Waals surface area contributed by atoms with E-state index in [-0.39, 0.29) is 5.78 Å². The third kappa shape index (κ3) is 3.13. The predicted octanol–water partition coefficient (Wildman–Crippen LogP) is 5.24. The number of ether oxygens (including phenoxy) is 1. The Bertz CT molecular complexity index is 1100. The SMILES string of the molecule is COc1ccc2c(c1)c(C(=O)c1ccccc1)c(C)n2Cc1ccccc1. The summed E-state index contributed by atoms with van der Waals surface area (Å²) in [6, 6.07) is 25.7. The van der Waals surface area contributed by atoms with E-state index in [1.54, 1.807) is 7.11 Å². The fourth-order valence-electron chi connectivity index (χ4n) is 3.58. The monoisotopic (exact) mass is 355 g/mol. The Morgan fingerprint density at radius 2 is 1.59 bits per heavy atom. The Morgan fingerprint density at radius 1 is 0.926 bits per heavy atom. The van der Waals surface area contributed by atoms with Crippen LogP contribution in [0.5, 0.6) is 5.75 Å². The van der Waals surface area contributed by atoms with Crippen LogP contribution in [-0.4, -0.2) is 17.5 Å². The quantitative estimate of drug-likeness (QED) is 0.459. The zero-order valence-electron chi connectivity index (χ0n) is 15.5. The summed E-state index contributed by atoms with van der Waals surface area (Å²) in [7, 11) is 1.65. The van der Waals surface area contributed by atoms with E-state index in [0.717, 1.165) is 34.5 Å². The number of rotatable bonds is 5. The Labute approximate surface area is 158 Å². The van der Waals surface area contributed by atoms with Gasteiger partial charge in [-0.05, 0) is 30.7 Å². The molecule has 0 amide bonds. The molecule has 1 heterocycles. The molecule has 0 bridgehead atoms. The fourth-order valence-corrected chi connectivity index (χ4v) is 3.58. The highest BCUT2D eigenvalue weighted by Crippen LogP contribution is 2.31. The summed E-state index contributed by atoms with van der Waals surface area (Å²) in [4.78, 5) is 13.3. The van der Waals surface area contributed by atoms with Crippen molar-refractivity contribution in [3.05, 3.63) is 101 Å². The van der Waals surface area contributed by atoms with Crippen molar-refractivity contribution in [2.45, 2.75) is 13.5 Å². The molecule has 3 nitrogen and oxygen atoms in total. The van der Waals surface area contributed by atoms with Crippen molar-refractivity contribution in [1.29, 1.82) is 0 Å². The first kappa shape index (κ1) is 17.1. The number of nitrogens with zero attached hydrogens (tertiary/aromatic N) is 1. The van der Waals surface area contributed by atoms with Crippen LogP contribution in [0.3, 0.4) is 0 Å². The summed E-state index contributed by atoms with van der Waals surface area (Å²) in [5.74, 6) is 0.791. The number of aromatic nitrogens is 1. The molecule has 0 aliphatic heterocycles. The lowest BCUT2D eigenvalue weighted by molar-refractivity contribution is 0.103. The van der Waals surface area contributed by atoms with E-state index < -0.39 is 0 Å². The van der Waals surface area contributed by atoms with E-state index in [1.807, 2.05) is 73.7 Å². The van der Waals surface area contributed by atoms with Crippen molar-refractivity contribution in [1.82, 2.24) is 4.57 Å². The van der Waals surface area contributed by atoms with Crippen LogP contribution in [0.4, 0.5) is 0 Å². The van der Waals surface area contributed by atoms with Gasteiger partial charge in [0.2, 0.25) is 0 Å². The minimum atomic E-state index is 0.0400. The highest BCUT2D eigenvalue weighted by Gasteiger charge is 2.21. The van der Waals surface area contributed by atoms with Crippen molar-refractivity contribution in [2.24, 2.45) is 0 Å². The number of carbonyl (C=O) groups is 1. The molecule has 0 aliphatic rings. The second kappa shape index (κ2) is 7.12. The van der Waals surface area contributed by atoms with Crippen LogP contribution in [0.25, 0.3) is 10.9 Å². The van der Waals surface area contributed by atoms with Gasteiger partial charge in [0.1, 0.15) is 5.75 Å². The molecule has 0 spiro atoms. The maximum Gasteiger partial charge on any atom is 0.195 e. The lowest BCUT2D eigenvalue weighted by atomic mass is 10.0. The molecule has 4 aromatic rings. The average Bonchev–Trinajstić information content (AvgIpc) is 2.99. The molecular formula is C24H21NO2. The first-order valence-electron chi connectivity index (χ1n) is 8.99. The lowest BCUT2D eigenvalue weighted by Gasteiger charge is -2.09. The van der Waals surface area contributed by atoms with Gasteiger partial charge in [-0.2, -0.15) is 0 Å². The topological polar surface area (TPSA) is 31.2 Å². The van der Waals surface area contributed by atoms with E-state index >= 15 is 0 Å². The number of ketones is 1. The third-order valence-electron chi connectivity index (χ3n) is 4.98. The fraction of sp³-hybridized carbons (Fsp3) is 0.125. The van der Waals surface area contributed by atoms with Gasteiger partial charge in [0, 0.05) is 28.7 Å². The highest BCUT2D eigenvalue weighted by molar-refractivity contribution is 6.17. The van der Waals surface area contributed by atoms with Gasteiger partial charge in [-0.25, -0.2) is 0 Å². The number of methoxy groups -OCH3 is 1. The number of hydrogen-bond acceptors (Lipinski definition) is 2. The Hall–Kier alpha value is -3.33. The summed E-state index contributed by atoms with van der Waals surface area (Å²) in [6.45, 7) is 2.74. The third-order valence-corrected chi connectivity index (χ3v) is 4.98. The van der Waals surface area contributed by atoms with Crippen LogP contribution in [0.2, 0.25) is 0 Å². The smallest absolute Gasteiger partial charge is 0.195 e. The Morgan fingerprint density at radius 3 is 2.26 bits per heavy atom. The second-order valence-corrected chi connectivity index (χ2v) is 6.61. The lowest BCUT2D eigenvalue weighted by Crippen LogP contribution is -2.06. The van der Waals surface area contributed by atoms with Crippen molar-refractivity contribution in [2.75, 3.05) is 7.11 Å². The molecule has 3 aromatic carbocycles. The van der Waals surface area contributed by atoms with Crippen LogP contribution >= 0.6 is 0 Å². The Kier molecular flexibility index (Phi) is 4.51. The van der Waals surface area contributed by atoms with E-state index in [9.17, 15) is 4.79 Å². The molecule has 0 atom stereocenters. The van der Waals surface area contributed by atoms with E-state index in [2.05, 4.69) is 16.7 Å². The van der Waals surface area contributed by atoms with Crippen LogP contribution in [0.15, 0.2) is 78.9 Å². The van der Waals surface area contributed by atoms with Gasteiger partial charge in [0.05, 0.1) is 12.7 Å². The van der Waals surface area contributed by atoms with E-state index in [0.29, 0.717) is 5.56 Å². The van der Waals surface area contributed by atoms with Crippen molar-refractivity contribution in [3.8, 4) is 5.75 Å². The molecule has 1 aromatic heterocycles. The molecule has 27 heavy (non-hydrogen) atoms. The van der Waals surface area contributed by atoms with Gasteiger partial charge < -0.3 is 9.30 Å². The molecule has 0 N–H and O–H groups in total. The van der Waals surface area contributed by atoms with Crippen molar-refractivity contribution < 1.29 is 9.53 Å². The number of fused-ring (bicyclic) bond motifs is 1. The van der Waals surface area contributed by atoms with Gasteiger partial charge in [0.15, 0.2) is 5.78 Å². The zero-order valence-corrected chi connectivity index (χ0v) is 15.5. The van der Waals surface area contributed by atoms with Gasteiger partial charge in [-0.1, -0.05) is 60.7 Å². The van der Waals surface area contributed by atoms with Crippen molar-refractivity contribution in [3.63, 3.8) is 0 Å².